The summed E-state index contributed by atoms with van der Waals surface area (Å²) in [6, 6.07) is 6.89. The van der Waals surface area contributed by atoms with Crippen LogP contribution in [0.15, 0.2) is 24.3 Å². The Hall–Kier alpha value is -1.10. The maximum Gasteiger partial charge on any atom is 0.223 e. The predicted molar refractivity (Wildman–Crippen MR) is 73.0 cm³/mol. The van der Waals surface area contributed by atoms with Gasteiger partial charge in [0.2, 0.25) is 5.91 Å². The first-order valence-electron chi connectivity index (χ1n) is 6.41. The van der Waals surface area contributed by atoms with Crippen LogP contribution >= 0.6 is 11.6 Å². The van der Waals surface area contributed by atoms with E-state index in [0.717, 1.165) is 6.42 Å². The maximum atomic E-state index is 11.8. The number of aliphatic hydroxyl groups excluding tert-OH is 1. The minimum atomic E-state index is -0.810. The molecule has 0 saturated carbocycles. The normalized spacial score (nSPS) is 24.2. The molecule has 1 aliphatic heterocycles. The van der Waals surface area contributed by atoms with Crippen LogP contribution < -0.4 is 5.32 Å². The Morgan fingerprint density at radius 3 is 2.79 bits per heavy atom. The fourth-order valence-electron chi connectivity index (χ4n) is 2.17. The molecule has 2 rings (SSSR count). The van der Waals surface area contributed by atoms with Crippen molar-refractivity contribution in [2.24, 2.45) is 0 Å². The smallest absolute Gasteiger partial charge is 0.223 e. The molecular weight excluding hydrogens is 266 g/mol. The number of hydrogen-bond acceptors (Lipinski definition) is 3. The van der Waals surface area contributed by atoms with Gasteiger partial charge in [0.25, 0.3) is 0 Å². The zero-order chi connectivity index (χ0) is 13.8. The van der Waals surface area contributed by atoms with Crippen LogP contribution in [0.5, 0.6) is 0 Å². The monoisotopic (exact) mass is 283 g/mol. The molecule has 104 valence electrons. The lowest BCUT2D eigenvalue weighted by Crippen LogP contribution is -2.39. The molecule has 0 aromatic heterocycles. The minimum absolute atomic E-state index is 0.0385. The third-order valence-corrected chi connectivity index (χ3v) is 3.61. The van der Waals surface area contributed by atoms with Crippen LogP contribution in [0.4, 0.5) is 0 Å². The van der Waals surface area contributed by atoms with E-state index in [0.29, 0.717) is 17.2 Å². The summed E-state index contributed by atoms with van der Waals surface area (Å²) in [5.74, 6) is -0.162. The number of nitrogens with one attached hydrogen (secondary N) is 1. The van der Waals surface area contributed by atoms with E-state index in [9.17, 15) is 9.90 Å². The summed E-state index contributed by atoms with van der Waals surface area (Å²) >= 11 is 5.78. The number of carbonyl (C=O) groups is 1. The van der Waals surface area contributed by atoms with Gasteiger partial charge in [-0.15, -0.1) is 0 Å². The van der Waals surface area contributed by atoms with Crippen LogP contribution in [-0.2, 0) is 9.53 Å². The molecule has 5 heteroatoms. The highest BCUT2D eigenvalue weighted by Crippen LogP contribution is 2.20. The average Bonchev–Trinajstić information content (AvgIpc) is 2.75. The van der Waals surface area contributed by atoms with Crippen LogP contribution in [0.1, 0.15) is 31.4 Å². The van der Waals surface area contributed by atoms with Crippen molar-refractivity contribution in [2.75, 3.05) is 6.61 Å². The molecule has 0 radical (unpaired) electrons. The van der Waals surface area contributed by atoms with E-state index in [1.165, 1.54) is 0 Å². The van der Waals surface area contributed by atoms with Gasteiger partial charge in [-0.3, -0.25) is 4.79 Å². The zero-order valence-corrected chi connectivity index (χ0v) is 11.6. The molecule has 0 aliphatic carbocycles. The van der Waals surface area contributed by atoms with Gasteiger partial charge in [-0.25, -0.2) is 0 Å². The van der Waals surface area contributed by atoms with Crippen LogP contribution in [0.2, 0.25) is 5.02 Å². The van der Waals surface area contributed by atoms with Crippen molar-refractivity contribution in [2.45, 2.75) is 38.0 Å². The van der Waals surface area contributed by atoms with E-state index in [2.05, 4.69) is 5.32 Å². The average molecular weight is 284 g/mol. The molecule has 0 spiro atoms. The summed E-state index contributed by atoms with van der Waals surface area (Å²) in [4.78, 5) is 11.8. The Bertz CT molecular complexity index is 435. The second-order valence-electron chi connectivity index (χ2n) is 4.81. The van der Waals surface area contributed by atoms with Crippen molar-refractivity contribution >= 4 is 17.5 Å². The van der Waals surface area contributed by atoms with Crippen molar-refractivity contribution in [3.8, 4) is 0 Å². The Morgan fingerprint density at radius 2 is 2.21 bits per heavy atom. The largest absolute Gasteiger partial charge is 0.388 e. The molecular formula is C14H18ClNO3. The van der Waals surface area contributed by atoms with Crippen molar-refractivity contribution in [1.82, 2.24) is 5.32 Å². The lowest BCUT2D eigenvalue weighted by atomic mass is 10.1. The van der Waals surface area contributed by atoms with E-state index >= 15 is 0 Å². The molecule has 19 heavy (non-hydrogen) atoms. The SMILES string of the molecule is CC1OCCC1NC(=O)CC(O)c1ccc(Cl)cc1. The predicted octanol–water partition coefficient (Wildman–Crippen LogP) is 2.06. The maximum absolute atomic E-state index is 11.8. The highest BCUT2D eigenvalue weighted by Gasteiger charge is 2.26. The Labute approximate surface area is 117 Å². The highest BCUT2D eigenvalue weighted by atomic mass is 35.5. The van der Waals surface area contributed by atoms with E-state index in [-0.39, 0.29) is 24.5 Å². The van der Waals surface area contributed by atoms with Crippen molar-refractivity contribution in [3.05, 3.63) is 34.9 Å². The summed E-state index contributed by atoms with van der Waals surface area (Å²) < 4.78 is 5.38. The molecule has 3 atom stereocenters. The van der Waals surface area contributed by atoms with E-state index in [1.807, 2.05) is 6.92 Å². The number of ether oxygens (including phenoxy) is 1. The first kappa shape index (κ1) is 14.3. The summed E-state index contributed by atoms with van der Waals surface area (Å²) in [5.41, 5.74) is 0.690. The van der Waals surface area contributed by atoms with Gasteiger partial charge in [0, 0.05) is 11.6 Å². The molecule has 2 N–H and O–H groups in total. The van der Waals surface area contributed by atoms with Gasteiger partial charge in [0.1, 0.15) is 0 Å². The highest BCUT2D eigenvalue weighted by molar-refractivity contribution is 6.30. The fourth-order valence-corrected chi connectivity index (χ4v) is 2.29. The summed E-state index contributed by atoms with van der Waals surface area (Å²) in [5, 5.41) is 13.5. The summed E-state index contributed by atoms with van der Waals surface area (Å²) in [6.07, 6.45) is 0.0981. The minimum Gasteiger partial charge on any atom is -0.388 e. The number of amides is 1. The molecule has 0 bridgehead atoms. The van der Waals surface area contributed by atoms with E-state index in [1.54, 1.807) is 24.3 Å². The van der Waals surface area contributed by atoms with Gasteiger partial charge in [0.05, 0.1) is 24.7 Å². The third-order valence-electron chi connectivity index (χ3n) is 3.36. The summed E-state index contributed by atoms with van der Waals surface area (Å²) in [6.45, 7) is 2.61. The molecule has 1 saturated heterocycles. The standard InChI is InChI=1S/C14H18ClNO3/c1-9-12(6-7-19-9)16-14(18)8-13(17)10-2-4-11(15)5-3-10/h2-5,9,12-13,17H,6-8H2,1H3,(H,16,18). The molecule has 4 nitrogen and oxygen atoms in total. The molecule has 1 aromatic carbocycles. The molecule has 3 unspecified atom stereocenters. The first-order valence-corrected chi connectivity index (χ1v) is 6.78. The molecule has 1 fully saturated rings. The van der Waals surface area contributed by atoms with Gasteiger partial charge >= 0.3 is 0 Å². The van der Waals surface area contributed by atoms with Crippen LogP contribution in [0.3, 0.4) is 0 Å². The van der Waals surface area contributed by atoms with E-state index < -0.39 is 6.10 Å². The number of halogens is 1. The second kappa shape index (κ2) is 6.37. The number of aliphatic hydroxyl groups is 1. The van der Waals surface area contributed by atoms with Gasteiger partial charge in [-0.05, 0) is 31.0 Å². The van der Waals surface area contributed by atoms with Crippen LogP contribution in [0, 0.1) is 0 Å². The van der Waals surface area contributed by atoms with Gasteiger partial charge in [-0.2, -0.15) is 0 Å². The third kappa shape index (κ3) is 3.93. The van der Waals surface area contributed by atoms with E-state index in [4.69, 9.17) is 16.3 Å². The Kier molecular flexibility index (Phi) is 4.80. The van der Waals surface area contributed by atoms with Crippen molar-refractivity contribution < 1.29 is 14.6 Å². The number of benzene rings is 1. The molecule has 1 amide bonds. The Morgan fingerprint density at radius 1 is 1.53 bits per heavy atom. The van der Waals surface area contributed by atoms with Crippen LogP contribution in [-0.4, -0.2) is 29.8 Å². The molecule has 1 heterocycles. The van der Waals surface area contributed by atoms with Crippen molar-refractivity contribution in [3.63, 3.8) is 0 Å². The van der Waals surface area contributed by atoms with Crippen LogP contribution in [0.25, 0.3) is 0 Å². The summed E-state index contributed by atoms with van der Waals surface area (Å²) in [7, 11) is 0. The van der Waals surface area contributed by atoms with Gasteiger partial charge in [0.15, 0.2) is 0 Å². The fraction of sp³-hybridized carbons (Fsp3) is 0.500. The first-order chi connectivity index (χ1) is 9.06. The second-order valence-corrected chi connectivity index (χ2v) is 5.25. The lowest BCUT2D eigenvalue weighted by Gasteiger charge is -2.17. The Balaban J connectivity index is 1.86. The molecule has 1 aromatic rings. The molecule has 1 aliphatic rings. The van der Waals surface area contributed by atoms with Gasteiger partial charge in [-0.1, -0.05) is 23.7 Å². The topological polar surface area (TPSA) is 58.6 Å². The van der Waals surface area contributed by atoms with Crippen molar-refractivity contribution in [1.29, 1.82) is 0 Å². The lowest BCUT2D eigenvalue weighted by molar-refractivity contribution is -0.124. The number of hydrogen-bond donors (Lipinski definition) is 2. The zero-order valence-electron chi connectivity index (χ0n) is 10.8. The number of rotatable bonds is 4. The number of carbonyl (C=O) groups excluding carboxylic acids is 1. The van der Waals surface area contributed by atoms with Gasteiger partial charge < -0.3 is 15.2 Å². The quantitative estimate of drug-likeness (QED) is 0.889.